The van der Waals surface area contributed by atoms with Gasteiger partial charge in [0, 0.05) is 16.5 Å². The van der Waals surface area contributed by atoms with E-state index in [0.717, 1.165) is 33.2 Å². The first-order valence-electron chi connectivity index (χ1n) is 8.46. The average Bonchev–Trinajstić information content (AvgIpc) is 2.88. The molecule has 3 aromatic rings. The molecular formula is C22H19NO2. The molecular weight excluding hydrogens is 310 g/mol. The van der Waals surface area contributed by atoms with Crippen molar-refractivity contribution in [2.75, 3.05) is 0 Å². The number of nitrogens with zero attached hydrogens (tertiary/aromatic N) is 1. The summed E-state index contributed by atoms with van der Waals surface area (Å²) in [4.78, 5) is 30.8. The topological polar surface area (TPSA) is 47.0 Å². The standard InChI is InChI=1S/C22H19NO2/c1-11-12(2)14(4)19-18(13(11)3)21(24)20(22(19)25)17-10-9-15-7-5-6-8-16(15)23-17/h5-10,20H,1-4H3. The molecule has 4 rings (SSSR count). The van der Waals surface area contributed by atoms with Crippen LogP contribution in [-0.4, -0.2) is 16.6 Å². The van der Waals surface area contributed by atoms with E-state index in [1.807, 2.05) is 58.0 Å². The molecule has 0 radical (unpaired) electrons. The molecule has 1 aliphatic carbocycles. The van der Waals surface area contributed by atoms with Crippen LogP contribution in [0.5, 0.6) is 0 Å². The van der Waals surface area contributed by atoms with E-state index in [4.69, 9.17) is 0 Å². The molecule has 2 aromatic carbocycles. The van der Waals surface area contributed by atoms with E-state index in [1.165, 1.54) is 0 Å². The molecule has 0 fully saturated rings. The van der Waals surface area contributed by atoms with E-state index in [1.54, 1.807) is 6.07 Å². The Morgan fingerprint density at radius 1 is 0.720 bits per heavy atom. The van der Waals surface area contributed by atoms with Gasteiger partial charge in [-0.25, -0.2) is 0 Å². The van der Waals surface area contributed by atoms with E-state index in [9.17, 15) is 9.59 Å². The van der Waals surface area contributed by atoms with Gasteiger partial charge >= 0.3 is 0 Å². The first kappa shape index (κ1) is 15.7. The minimum absolute atomic E-state index is 0.119. The van der Waals surface area contributed by atoms with Gasteiger partial charge in [0.15, 0.2) is 11.6 Å². The van der Waals surface area contributed by atoms with Crippen molar-refractivity contribution in [2.24, 2.45) is 0 Å². The second-order valence-electron chi connectivity index (χ2n) is 6.84. The first-order chi connectivity index (χ1) is 11.9. The molecule has 1 aliphatic rings. The highest BCUT2D eigenvalue weighted by atomic mass is 16.2. The number of para-hydroxylation sites is 1. The summed E-state index contributed by atoms with van der Waals surface area (Å²) in [5.41, 5.74) is 6.53. The number of carbonyl (C=O) groups excluding carboxylic acids is 2. The average molecular weight is 329 g/mol. The molecule has 0 unspecified atom stereocenters. The lowest BCUT2D eigenvalue weighted by Gasteiger charge is -2.13. The Labute approximate surface area is 146 Å². The summed E-state index contributed by atoms with van der Waals surface area (Å²) in [5.74, 6) is -1.06. The zero-order chi connectivity index (χ0) is 17.9. The van der Waals surface area contributed by atoms with Gasteiger partial charge in [-0.05, 0) is 62.1 Å². The van der Waals surface area contributed by atoms with Crippen molar-refractivity contribution in [3.63, 3.8) is 0 Å². The van der Waals surface area contributed by atoms with Gasteiger partial charge in [-0.1, -0.05) is 24.3 Å². The quantitative estimate of drug-likeness (QED) is 0.611. The summed E-state index contributed by atoms with van der Waals surface area (Å²) in [6.07, 6.45) is 0. The number of pyridine rings is 1. The summed E-state index contributed by atoms with van der Waals surface area (Å²) in [5, 5.41) is 1.00. The van der Waals surface area contributed by atoms with Crippen LogP contribution in [0.25, 0.3) is 10.9 Å². The lowest BCUT2D eigenvalue weighted by molar-refractivity contribution is 0.0888. The zero-order valence-electron chi connectivity index (χ0n) is 14.8. The number of fused-ring (bicyclic) bond motifs is 2. The number of benzene rings is 2. The van der Waals surface area contributed by atoms with Crippen LogP contribution in [0.15, 0.2) is 36.4 Å². The number of Topliss-reactive ketones (excluding diaryl/α,β-unsaturated/α-hetero) is 2. The van der Waals surface area contributed by atoms with Crippen LogP contribution >= 0.6 is 0 Å². The number of ketones is 2. The second kappa shape index (κ2) is 5.35. The number of rotatable bonds is 1. The Balaban J connectivity index is 1.93. The summed E-state index contributed by atoms with van der Waals surface area (Å²) >= 11 is 0. The van der Waals surface area contributed by atoms with Crippen LogP contribution < -0.4 is 0 Å². The highest BCUT2D eigenvalue weighted by Gasteiger charge is 2.43. The van der Waals surface area contributed by atoms with Crippen molar-refractivity contribution >= 4 is 22.5 Å². The smallest absolute Gasteiger partial charge is 0.180 e. The van der Waals surface area contributed by atoms with Crippen LogP contribution in [0.1, 0.15) is 54.6 Å². The fourth-order valence-corrected chi connectivity index (χ4v) is 3.85. The zero-order valence-corrected chi connectivity index (χ0v) is 14.8. The van der Waals surface area contributed by atoms with Gasteiger partial charge in [0.05, 0.1) is 11.2 Å². The molecule has 0 saturated carbocycles. The number of hydrogen-bond donors (Lipinski definition) is 0. The van der Waals surface area contributed by atoms with Gasteiger partial charge in [-0.3, -0.25) is 14.6 Å². The molecule has 0 aliphatic heterocycles. The van der Waals surface area contributed by atoms with E-state index in [-0.39, 0.29) is 11.6 Å². The van der Waals surface area contributed by atoms with Crippen LogP contribution in [0.2, 0.25) is 0 Å². The van der Waals surface area contributed by atoms with Crippen LogP contribution in [0.3, 0.4) is 0 Å². The predicted molar refractivity (Wildman–Crippen MR) is 98.5 cm³/mol. The Kier molecular flexibility index (Phi) is 3.36. The lowest BCUT2D eigenvalue weighted by atomic mass is 9.90. The van der Waals surface area contributed by atoms with Gasteiger partial charge in [0.1, 0.15) is 5.92 Å². The fraction of sp³-hybridized carbons (Fsp3) is 0.227. The molecule has 0 bridgehead atoms. The van der Waals surface area contributed by atoms with Crippen molar-refractivity contribution < 1.29 is 9.59 Å². The van der Waals surface area contributed by atoms with E-state index < -0.39 is 5.92 Å². The molecule has 0 spiro atoms. The van der Waals surface area contributed by atoms with Gasteiger partial charge in [0.2, 0.25) is 0 Å². The Bertz CT molecular complexity index is 1030. The van der Waals surface area contributed by atoms with Gasteiger partial charge in [0.25, 0.3) is 0 Å². The number of carbonyl (C=O) groups is 2. The highest BCUT2D eigenvalue weighted by Crippen LogP contribution is 2.39. The van der Waals surface area contributed by atoms with Crippen LogP contribution in [0, 0.1) is 27.7 Å². The third kappa shape index (κ3) is 2.08. The van der Waals surface area contributed by atoms with Crippen molar-refractivity contribution in [3.8, 4) is 0 Å². The summed E-state index contributed by atoms with van der Waals surface area (Å²) in [6, 6.07) is 11.5. The molecule has 3 heteroatoms. The van der Waals surface area contributed by atoms with Crippen molar-refractivity contribution in [3.05, 3.63) is 75.5 Å². The molecule has 0 amide bonds. The predicted octanol–water partition coefficient (Wildman–Crippen LogP) is 4.63. The largest absolute Gasteiger partial charge is 0.293 e. The maximum atomic E-state index is 13.1. The van der Waals surface area contributed by atoms with E-state index in [2.05, 4.69) is 4.98 Å². The maximum Gasteiger partial charge on any atom is 0.180 e. The van der Waals surface area contributed by atoms with Crippen LogP contribution in [0.4, 0.5) is 0 Å². The lowest BCUT2D eigenvalue weighted by Crippen LogP contribution is -2.14. The normalized spacial score (nSPS) is 14.4. The molecule has 3 nitrogen and oxygen atoms in total. The Hall–Kier alpha value is -2.81. The first-order valence-corrected chi connectivity index (χ1v) is 8.46. The summed E-state index contributed by atoms with van der Waals surface area (Å²) in [7, 11) is 0. The van der Waals surface area contributed by atoms with E-state index in [0.29, 0.717) is 16.8 Å². The summed E-state index contributed by atoms with van der Waals surface area (Å²) < 4.78 is 0. The maximum absolute atomic E-state index is 13.1. The van der Waals surface area contributed by atoms with Gasteiger partial charge in [-0.2, -0.15) is 0 Å². The number of hydrogen-bond acceptors (Lipinski definition) is 3. The Morgan fingerprint density at radius 2 is 1.28 bits per heavy atom. The SMILES string of the molecule is Cc1c(C)c(C)c2c(c1C)C(=O)C(c1ccc3ccccc3n1)C2=O. The van der Waals surface area contributed by atoms with Crippen molar-refractivity contribution in [2.45, 2.75) is 33.6 Å². The minimum Gasteiger partial charge on any atom is -0.293 e. The third-order valence-electron chi connectivity index (χ3n) is 5.62. The molecule has 25 heavy (non-hydrogen) atoms. The molecule has 1 aromatic heterocycles. The second-order valence-corrected chi connectivity index (χ2v) is 6.84. The summed E-state index contributed by atoms with van der Waals surface area (Å²) in [6.45, 7) is 7.89. The van der Waals surface area contributed by atoms with Crippen molar-refractivity contribution in [1.82, 2.24) is 4.98 Å². The highest BCUT2D eigenvalue weighted by molar-refractivity contribution is 6.30. The van der Waals surface area contributed by atoms with Crippen LogP contribution in [-0.2, 0) is 0 Å². The monoisotopic (exact) mass is 329 g/mol. The minimum atomic E-state index is -0.821. The van der Waals surface area contributed by atoms with Crippen molar-refractivity contribution in [1.29, 1.82) is 0 Å². The molecule has 0 N–H and O–H groups in total. The molecule has 0 saturated heterocycles. The number of aromatic nitrogens is 1. The Morgan fingerprint density at radius 3 is 1.88 bits per heavy atom. The third-order valence-corrected chi connectivity index (χ3v) is 5.62. The molecule has 0 atom stereocenters. The fourth-order valence-electron chi connectivity index (χ4n) is 3.85. The molecule has 124 valence electrons. The van der Waals surface area contributed by atoms with Gasteiger partial charge < -0.3 is 0 Å². The van der Waals surface area contributed by atoms with Gasteiger partial charge in [-0.15, -0.1) is 0 Å². The molecule has 1 heterocycles. The van der Waals surface area contributed by atoms with E-state index >= 15 is 0 Å².